The lowest BCUT2D eigenvalue weighted by Gasteiger charge is -2.52. The van der Waals surface area contributed by atoms with Crippen molar-refractivity contribution in [2.75, 3.05) is 26.7 Å². The van der Waals surface area contributed by atoms with Crippen molar-refractivity contribution in [3.8, 4) is 0 Å². The van der Waals surface area contributed by atoms with E-state index in [1.54, 1.807) is 0 Å². The van der Waals surface area contributed by atoms with Crippen molar-refractivity contribution in [2.45, 2.75) is 44.2 Å². The van der Waals surface area contributed by atoms with Crippen LogP contribution in [0.1, 0.15) is 37.8 Å². The lowest BCUT2D eigenvalue weighted by atomic mass is 9.78. The fourth-order valence-electron chi connectivity index (χ4n) is 3.83. The van der Waals surface area contributed by atoms with E-state index in [1.165, 1.54) is 57.4 Å². The van der Waals surface area contributed by atoms with Gasteiger partial charge in [-0.2, -0.15) is 0 Å². The Hall–Kier alpha value is -0.930. The Morgan fingerprint density at radius 1 is 1.16 bits per heavy atom. The summed E-state index contributed by atoms with van der Waals surface area (Å²) in [5, 5.41) is 0. The SMILES string of the molecule is CN1CCN(Cc2ccccn2)C2(CCCCC2)C1. The number of rotatable bonds is 2. The van der Waals surface area contributed by atoms with Crippen molar-refractivity contribution in [3.05, 3.63) is 30.1 Å². The average molecular weight is 259 g/mol. The molecule has 2 aliphatic rings. The summed E-state index contributed by atoms with van der Waals surface area (Å²) >= 11 is 0. The van der Waals surface area contributed by atoms with Crippen LogP contribution in [0.15, 0.2) is 24.4 Å². The van der Waals surface area contributed by atoms with Gasteiger partial charge in [-0.3, -0.25) is 9.88 Å². The Kier molecular flexibility index (Phi) is 3.85. The molecule has 0 amide bonds. The molecule has 0 atom stereocenters. The van der Waals surface area contributed by atoms with E-state index in [0.29, 0.717) is 5.54 Å². The molecule has 3 heteroatoms. The Balaban J connectivity index is 1.77. The number of aromatic nitrogens is 1. The van der Waals surface area contributed by atoms with Gasteiger partial charge in [0.15, 0.2) is 0 Å². The predicted molar refractivity (Wildman–Crippen MR) is 78.0 cm³/mol. The van der Waals surface area contributed by atoms with Crippen molar-refractivity contribution >= 4 is 0 Å². The van der Waals surface area contributed by atoms with Gasteiger partial charge in [-0.25, -0.2) is 0 Å². The number of pyridine rings is 1. The fraction of sp³-hybridized carbons (Fsp3) is 0.688. The third-order valence-electron chi connectivity index (χ3n) is 4.85. The first-order valence-corrected chi connectivity index (χ1v) is 7.62. The zero-order valence-corrected chi connectivity index (χ0v) is 12.0. The van der Waals surface area contributed by atoms with Gasteiger partial charge in [0, 0.05) is 37.9 Å². The second kappa shape index (κ2) is 5.59. The highest BCUT2D eigenvalue weighted by Gasteiger charge is 2.41. The number of piperazine rings is 1. The maximum absolute atomic E-state index is 4.51. The van der Waals surface area contributed by atoms with Gasteiger partial charge in [-0.15, -0.1) is 0 Å². The fourth-order valence-corrected chi connectivity index (χ4v) is 3.83. The quantitative estimate of drug-likeness (QED) is 0.813. The molecule has 2 heterocycles. The molecule has 1 saturated carbocycles. The summed E-state index contributed by atoms with van der Waals surface area (Å²) in [4.78, 5) is 9.75. The van der Waals surface area contributed by atoms with Crippen molar-refractivity contribution in [1.82, 2.24) is 14.8 Å². The summed E-state index contributed by atoms with van der Waals surface area (Å²) in [5.41, 5.74) is 1.64. The first kappa shape index (κ1) is 13.1. The monoisotopic (exact) mass is 259 g/mol. The van der Waals surface area contributed by atoms with Gasteiger partial charge in [-0.05, 0) is 32.0 Å². The van der Waals surface area contributed by atoms with Crippen LogP contribution in [0.2, 0.25) is 0 Å². The van der Waals surface area contributed by atoms with E-state index in [1.807, 2.05) is 12.3 Å². The summed E-state index contributed by atoms with van der Waals surface area (Å²) < 4.78 is 0. The Labute approximate surface area is 116 Å². The maximum atomic E-state index is 4.51. The van der Waals surface area contributed by atoms with E-state index >= 15 is 0 Å². The largest absolute Gasteiger partial charge is 0.303 e. The maximum Gasteiger partial charge on any atom is 0.0544 e. The molecule has 19 heavy (non-hydrogen) atoms. The summed E-state index contributed by atoms with van der Waals surface area (Å²) in [6, 6.07) is 6.27. The number of likely N-dealkylation sites (N-methyl/N-ethyl adjacent to an activating group) is 1. The normalized spacial score (nSPS) is 24.7. The molecule has 1 aromatic rings. The second-order valence-corrected chi connectivity index (χ2v) is 6.27. The van der Waals surface area contributed by atoms with E-state index in [-0.39, 0.29) is 0 Å². The molecule has 1 aliphatic carbocycles. The van der Waals surface area contributed by atoms with Crippen LogP contribution in [-0.2, 0) is 6.54 Å². The minimum absolute atomic E-state index is 0.419. The third-order valence-corrected chi connectivity index (χ3v) is 4.85. The molecule has 0 N–H and O–H groups in total. The highest BCUT2D eigenvalue weighted by molar-refractivity contribution is 5.06. The molecular formula is C16H25N3. The molecule has 2 fully saturated rings. The molecule has 3 rings (SSSR count). The van der Waals surface area contributed by atoms with Crippen molar-refractivity contribution in [1.29, 1.82) is 0 Å². The van der Waals surface area contributed by atoms with E-state index < -0.39 is 0 Å². The van der Waals surface area contributed by atoms with Crippen LogP contribution < -0.4 is 0 Å². The number of nitrogens with zero attached hydrogens (tertiary/aromatic N) is 3. The Morgan fingerprint density at radius 3 is 2.74 bits per heavy atom. The molecule has 0 radical (unpaired) electrons. The van der Waals surface area contributed by atoms with Crippen LogP contribution in [0.4, 0.5) is 0 Å². The Bertz CT molecular complexity index is 398. The molecule has 0 unspecified atom stereocenters. The first-order chi connectivity index (χ1) is 9.28. The summed E-state index contributed by atoms with van der Waals surface area (Å²) in [7, 11) is 2.27. The van der Waals surface area contributed by atoms with Crippen LogP contribution in [-0.4, -0.2) is 47.0 Å². The van der Waals surface area contributed by atoms with Crippen LogP contribution in [0.5, 0.6) is 0 Å². The molecule has 1 spiro atoms. The number of hydrogen-bond donors (Lipinski definition) is 0. The van der Waals surface area contributed by atoms with Gasteiger partial charge in [-0.1, -0.05) is 25.3 Å². The van der Waals surface area contributed by atoms with E-state index in [2.05, 4.69) is 34.0 Å². The zero-order chi connectivity index (χ0) is 13.1. The molecule has 104 valence electrons. The Morgan fingerprint density at radius 2 is 2.00 bits per heavy atom. The van der Waals surface area contributed by atoms with E-state index in [0.717, 1.165) is 6.54 Å². The molecular weight excluding hydrogens is 234 g/mol. The minimum Gasteiger partial charge on any atom is -0.303 e. The first-order valence-electron chi connectivity index (χ1n) is 7.62. The van der Waals surface area contributed by atoms with E-state index in [4.69, 9.17) is 0 Å². The standard InChI is InChI=1S/C16H25N3/c1-18-11-12-19(13-15-7-3-6-10-17-15)16(14-18)8-4-2-5-9-16/h3,6-7,10H,2,4-5,8-9,11-14H2,1H3. The van der Waals surface area contributed by atoms with Crippen molar-refractivity contribution in [2.24, 2.45) is 0 Å². The highest BCUT2D eigenvalue weighted by Crippen LogP contribution is 2.36. The van der Waals surface area contributed by atoms with Crippen molar-refractivity contribution < 1.29 is 0 Å². The minimum atomic E-state index is 0.419. The predicted octanol–water partition coefficient (Wildman–Crippen LogP) is 2.53. The third kappa shape index (κ3) is 2.82. The van der Waals surface area contributed by atoms with E-state index in [9.17, 15) is 0 Å². The van der Waals surface area contributed by atoms with Gasteiger partial charge in [0.2, 0.25) is 0 Å². The van der Waals surface area contributed by atoms with Gasteiger partial charge in [0.25, 0.3) is 0 Å². The van der Waals surface area contributed by atoms with Gasteiger partial charge >= 0.3 is 0 Å². The summed E-state index contributed by atoms with van der Waals surface area (Å²) in [5.74, 6) is 0. The van der Waals surface area contributed by atoms with Crippen LogP contribution >= 0.6 is 0 Å². The smallest absolute Gasteiger partial charge is 0.0544 e. The molecule has 1 aromatic heterocycles. The van der Waals surface area contributed by atoms with Gasteiger partial charge in [0.1, 0.15) is 0 Å². The van der Waals surface area contributed by atoms with Crippen LogP contribution in [0, 0.1) is 0 Å². The highest BCUT2D eigenvalue weighted by atomic mass is 15.3. The number of hydrogen-bond acceptors (Lipinski definition) is 3. The average Bonchev–Trinajstić information content (AvgIpc) is 2.44. The molecule has 0 bridgehead atoms. The van der Waals surface area contributed by atoms with Crippen LogP contribution in [0.3, 0.4) is 0 Å². The second-order valence-electron chi connectivity index (χ2n) is 6.27. The van der Waals surface area contributed by atoms with Gasteiger partial charge in [0.05, 0.1) is 5.69 Å². The molecule has 0 aromatic carbocycles. The van der Waals surface area contributed by atoms with Crippen LogP contribution in [0.25, 0.3) is 0 Å². The lowest BCUT2D eigenvalue weighted by Crippen LogP contribution is -2.61. The van der Waals surface area contributed by atoms with Gasteiger partial charge < -0.3 is 4.90 Å². The molecule has 3 nitrogen and oxygen atoms in total. The summed E-state index contributed by atoms with van der Waals surface area (Å²) in [6.45, 7) is 4.64. The molecule has 1 aliphatic heterocycles. The lowest BCUT2D eigenvalue weighted by molar-refractivity contribution is -0.0245. The summed E-state index contributed by atoms with van der Waals surface area (Å²) in [6.07, 6.45) is 8.86. The molecule has 1 saturated heterocycles. The zero-order valence-electron chi connectivity index (χ0n) is 12.0. The topological polar surface area (TPSA) is 19.4 Å². The van der Waals surface area contributed by atoms with Crippen molar-refractivity contribution in [3.63, 3.8) is 0 Å².